The molecule has 0 fully saturated rings. The van der Waals surface area contributed by atoms with Gasteiger partial charge < -0.3 is 14.8 Å². The van der Waals surface area contributed by atoms with E-state index in [1.807, 2.05) is 12.1 Å². The Balaban J connectivity index is 1.48. The molecule has 1 aromatic carbocycles. The van der Waals surface area contributed by atoms with Gasteiger partial charge in [0.15, 0.2) is 11.6 Å². The zero-order valence-corrected chi connectivity index (χ0v) is 14.5. The van der Waals surface area contributed by atoms with E-state index in [1.54, 1.807) is 30.7 Å². The summed E-state index contributed by atoms with van der Waals surface area (Å²) in [5.74, 6) is 0.596. The molecule has 0 aliphatic carbocycles. The van der Waals surface area contributed by atoms with Crippen molar-refractivity contribution in [2.75, 3.05) is 20.3 Å². The average Bonchev–Trinajstić information content (AvgIpc) is 3.14. The average molecular weight is 356 g/mol. The summed E-state index contributed by atoms with van der Waals surface area (Å²) in [6.07, 6.45) is 6.01. The Morgan fingerprint density at radius 2 is 2.15 bits per heavy atom. The molecule has 0 saturated carbocycles. The normalized spacial score (nSPS) is 10.7. The second-order valence-corrected chi connectivity index (χ2v) is 5.69. The lowest BCUT2D eigenvalue weighted by Gasteiger charge is -2.08. The maximum atomic E-state index is 13.9. The van der Waals surface area contributed by atoms with Crippen LogP contribution in [0.2, 0.25) is 0 Å². The Hall–Kier alpha value is -2.93. The van der Waals surface area contributed by atoms with E-state index >= 15 is 0 Å². The van der Waals surface area contributed by atoms with Crippen LogP contribution >= 0.6 is 0 Å². The van der Waals surface area contributed by atoms with E-state index < -0.39 is 5.82 Å². The summed E-state index contributed by atoms with van der Waals surface area (Å²) in [5.41, 5.74) is 2.51. The first-order valence-electron chi connectivity index (χ1n) is 8.37. The predicted molar refractivity (Wildman–Crippen MR) is 96.6 cm³/mol. The standard InChI is InChI=1S/C19H21FN4O2/c1-25-18-6-5-14(10-17(18)20)19-15(12-23-24-19)11-21-8-3-9-26-16-4-2-7-22-13-16/h2,4-7,10,12-13,21H,3,8-9,11H2,1H3,(H,23,24). The Kier molecular flexibility index (Phi) is 6.16. The maximum absolute atomic E-state index is 13.9. The molecular weight excluding hydrogens is 335 g/mol. The summed E-state index contributed by atoms with van der Waals surface area (Å²) in [5, 5.41) is 10.4. The summed E-state index contributed by atoms with van der Waals surface area (Å²) in [6, 6.07) is 8.58. The number of H-pyrrole nitrogens is 1. The zero-order valence-electron chi connectivity index (χ0n) is 14.5. The van der Waals surface area contributed by atoms with Crippen LogP contribution in [-0.4, -0.2) is 35.4 Å². The molecule has 0 bridgehead atoms. The zero-order chi connectivity index (χ0) is 18.2. The van der Waals surface area contributed by atoms with Crippen molar-refractivity contribution in [1.29, 1.82) is 0 Å². The van der Waals surface area contributed by atoms with Gasteiger partial charge in [-0.25, -0.2) is 4.39 Å². The van der Waals surface area contributed by atoms with Gasteiger partial charge in [0.05, 0.1) is 31.8 Å². The van der Waals surface area contributed by atoms with Crippen LogP contribution in [0.25, 0.3) is 11.3 Å². The number of halogens is 1. The highest BCUT2D eigenvalue weighted by molar-refractivity contribution is 5.63. The van der Waals surface area contributed by atoms with Gasteiger partial charge in [-0.05, 0) is 43.3 Å². The van der Waals surface area contributed by atoms with Crippen molar-refractivity contribution in [3.05, 3.63) is 60.3 Å². The monoisotopic (exact) mass is 356 g/mol. The lowest BCUT2D eigenvalue weighted by atomic mass is 10.1. The molecule has 0 aliphatic rings. The molecule has 2 N–H and O–H groups in total. The summed E-state index contributed by atoms with van der Waals surface area (Å²) in [7, 11) is 1.45. The molecule has 7 heteroatoms. The van der Waals surface area contributed by atoms with Crippen molar-refractivity contribution < 1.29 is 13.9 Å². The highest BCUT2D eigenvalue weighted by Gasteiger charge is 2.10. The minimum Gasteiger partial charge on any atom is -0.494 e. The first kappa shape index (κ1) is 17.9. The van der Waals surface area contributed by atoms with Crippen molar-refractivity contribution in [2.45, 2.75) is 13.0 Å². The van der Waals surface area contributed by atoms with Gasteiger partial charge in [-0.1, -0.05) is 0 Å². The summed E-state index contributed by atoms with van der Waals surface area (Å²) >= 11 is 0. The molecular formula is C19H21FN4O2. The van der Waals surface area contributed by atoms with Crippen molar-refractivity contribution in [3.8, 4) is 22.8 Å². The van der Waals surface area contributed by atoms with Crippen LogP contribution in [0.5, 0.6) is 11.5 Å². The van der Waals surface area contributed by atoms with Crippen molar-refractivity contribution >= 4 is 0 Å². The lowest BCUT2D eigenvalue weighted by molar-refractivity contribution is 0.307. The molecule has 0 unspecified atom stereocenters. The molecule has 3 aromatic rings. The van der Waals surface area contributed by atoms with Crippen LogP contribution < -0.4 is 14.8 Å². The number of methoxy groups -OCH3 is 1. The largest absolute Gasteiger partial charge is 0.494 e. The van der Waals surface area contributed by atoms with Crippen molar-refractivity contribution in [2.24, 2.45) is 0 Å². The molecule has 3 rings (SSSR count). The quantitative estimate of drug-likeness (QED) is 0.576. The molecule has 136 valence electrons. The van der Waals surface area contributed by atoms with Crippen LogP contribution in [0.4, 0.5) is 4.39 Å². The van der Waals surface area contributed by atoms with Gasteiger partial charge in [0, 0.05) is 23.9 Å². The van der Waals surface area contributed by atoms with Gasteiger partial charge in [0.1, 0.15) is 5.75 Å². The van der Waals surface area contributed by atoms with Gasteiger partial charge in [-0.15, -0.1) is 0 Å². The van der Waals surface area contributed by atoms with Crippen molar-refractivity contribution in [1.82, 2.24) is 20.5 Å². The van der Waals surface area contributed by atoms with Crippen LogP contribution in [0.15, 0.2) is 48.9 Å². The topological polar surface area (TPSA) is 72.1 Å². The molecule has 26 heavy (non-hydrogen) atoms. The summed E-state index contributed by atoms with van der Waals surface area (Å²) < 4.78 is 24.5. The first-order chi connectivity index (χ1) is 12.8. The number of rotatable bonds is 9. The molecule has 0 aliphatic heterocycles. The van der Waals surface area contributed by atoms with Gasteiger partial charge >= 0.3 is 0 Å². The van der Waals surface area contributed by atoms with E-state index in [-0.39, 0.29) is 5.75 Å². The smallest absolute Gasteiger partial charge is 0.165 e. The van der Waals surface area contributed by atoms with Gasteiger partial charge in [0.25, 0.3) is 0 Å². The number of benzene rings is 1. The number of aromatic nitrogens is 3. The molecule has 6 nitrogen and oxygen atoms in total. The lowest BCUT2D eigenvalue weighted by Crippen LogP contribution is -2.17. The first-order valence-corrected chi connectivity index (χ1v) is 8.37. The second-order valence-electron chi connectivity index (χ2n) is 5.69. The van der Waals surface area contributed by atoms with Gasteiger partial charge in [0.2, 0.25) is 0 Å². The van der Waals surface area contributed by atoms with E-state index in [0.717, 1.165) is 35.5 Å². The number of hydrogen-bond donors (Lipinski definition) is 2. The van der Waals surface area contributed by atoms with E-state index in [9.17, 15) is 4.39 Å². The Morgan fingerprint density at radius 1 is 1.23 bits per heavy atom. The fourth-order valence-corrected chi connectivity index (χ4v) is 2.56. The Bertz CT molecular complexity index is 823. The third-order valence-electron chi connectivity index (χ3n) is 3.87. The summed E-state index contributed by atoms with van der Waals surface area (Å²) in [6.45, 7) is 2.04. The van der Waals surface area contributed by atoms with Crippen LogP contribution in [0.1, 0.15) is 12.0 Å². The van der Waals surface area contributed by atoms with Gasteiger partial charge in [-0.3, -0.25) is 10.1 Å². The third-order valence-corrected chi connectivity index (χ3v) is 3.87. The highest BCUT2D eigenvalue weighted by Crippen LogP contribution is 2.26. The minimum atomic E-state index is -0.397. The fourth-order valence-electron chi connectivity index (χ4n) is 2.56. The number of nitrogens with one attached hydrogen (secondary N) is 2. The van der Waals surface area contributed by atoms with E-state index in [0.29, 0.717) is 13.2 Å². The number of nitrogens with zero attached hydrogens (tertiary/aromatic N) is 2. The highest BCUT2D eigenvalue weighted by atomic mass is 19.1. The molecule has 0 spiro atoms. The molecule has 0 amide bonds. The second kappa shape index (κ2) is 8.96. The fraction of sp³-hybridized carbons (Fsp3) is 0.263. The Labute approximate surface area is 151 Å². The molecule has 0 radical (unpaired) electrons. The number of aromatic amines is 1. The molecule has 0 saturated heterocycles. The third kappa shape index (κ3) is 4.58. The van der Waals surface area contributed by atoms with Crippen LogP contribution in [0, 0.1) is 5.82 Å². The number of hydrogen-bond acceptors (Lipinski definition) is 5. The van der Waals surface area contributed by atoms with E-state index in [1.165, 1.54) is 13.2 Å². The van der Waals surface area contributed by atoms with Crippen LogP contribution in [-0.2, 0) is 6.54 Å². The van der Waals surface area contributed by atoms with Crippen LogP contribution in [0.3, 0.4) is 0 Å². The summed E-state index contributed by atoms with van der Waals surface area (Å²) in [4.78, 5) is 4.00. The minimum absolute atomic E-state index is 0.224. The predicted octanol–water partition coefficient (Wildman–Crippen LogP) is 3.18. The maximum Gasteiger partial charge on any atom is 0.165 e. The van der Waals surface area contributed by atoms with E-state index in [2.05, 4.69) is 20.5 Å². The van der Waals surface area contributed by atoms with Gasteiger partial charge in [-0.2, -0.15) is 5.10 Å². The van der Waals surface area contributed by atoms with Crippen molar-refractivity contribution in [3.63, 3.8) is 0 Å². The number of pyridine rings is 1. The molecule has 2 aromatic heterocycles. The SMILES string of the molecule is COc1ccc(-c2[nH]ncc2CNCCCOc2cccnc2)cc1F. The molecule has 2 heterocycles. The Morgan fingerprint density at radius 3 is 2.92 bits per heavy atom. The molecule has 0 atom stereocenters. The van der Waals surface area contributed by atoms with E-state index in [4.69, 9.17) is 9.47 Å². The number of ether oxygens (including phenoxy) is 2.